The third-order valence-electron chi connectivity index (χ3n) is 5.78. The first-order chi connectivity index (χ1) is 11.9. The van der Waals surface area contributed by atoms with Gasteiger partial charge >= 0.3 is 0 Å². The van der Waals surface area contributed by atoms with Gasteiger partial charge in [0.25, 0.3) is 0 Å². The van der Waals surface area contributed by atoms with Crippen molar-refractivity contribution in [3.63, 3.8) is 0 Å². The van der Waals surface area contributed by atoms with Gasteiger partial charge in [-0.25, -0.2) is 0 Å². The van der Waals surface area contributed by atoms with Crippen LogP contribution in [0.15, 0.2) is 60.7 Å². The third-order valence-corrected chi connectivity index (χ3v) is 5.78. The molecule has 2 aromatic rings. The maximum Gasteiger partial charge on any atom is 0.0410 e. The summed E-state index contributed by atoms with van der Waals surface area (Å²) in [5.74, 6) is 0.777. The molecule has 2 aliphatic heterocycles. The Morgan fingerprint density at radius 1 is 0.750 bits per heavy atom. The van der Waals surface area contributed by atoms with Crippen molar-refractivity contribution >= 4 is 11.4 Å². The van der Waals surface area contributed by atoms with Crippen LogP contribution in [0.3, 0.4) is 0 Å². The molecule has 2 aliphatic rings. The molecule has 0 aliphatic carbocycles. The number of rotatable bonds is 4. The molecule has 2 fully saturated rings. The Morgan fingerprint density at radius 2 is 1.38 bits per heavy atom. The molecule has 2 atom stereocenters. The van der Waals surface area contributed by atoms with Crippen LogP contribution in [0.25, 0.3) is 0 Å². The van der Waals surface area contributed by atoms with Crippen molar-refractivity contribution in [3.8, 4) is 0 Å². The highest BCUT2D eigenvalue weighted by atomic mass is 15.2. The summed E-state index contributed by atoms with van der Waals surface area (Å²) in [6.07, 6.45) is 6.93. The van der Waals surface area contributed by atoms with E-state index in [1.165, 1.54) is 56.6 Å². The number of nitrogens with zero attached hydrogens (tertiary/aromatic N) is 2. The molecule has 0 radical (unpaired) electrons. The third kappa shape index (κ3) is 3.34. The lowest BCUT2D eigenvalue weighted by Gasteiger charge is -2.46. The summed E-state index contributed by atoms with van der Waals surface area (Å²) in [6, 6.07) is 22.6. The summed E-state index contributed by atoms with van der Waals surface area (Å²) >= 11 is 0. The lowest BCUT2D eigenvalue weighted by molar-refractivity contribution is 0.0632. The molecule has 24 heavy (non-hydrogen) atoms. The van der Waals surface area contributed by atoms with Gasteiger partial charge in [-0.15, -0.1) is 0 Å². The molecule has 0 bridgehead atoms. The second-order valence-electron chi connectivity index (χ2n) is 7.28. The van der Waals surface area contributed by atoms with Crippen molar-refractivity contribution in [2.75, 3.05) is 24.5 Å². The van der Waals surface area contributed by atoms with Gasteiger partial charge in [0, 0.05) is 24.0 Å². The Balaban J connectivity index is 1.60. The molecule has 126 valence electrons. The lowest BCUT2D eigenvalue weighted by atomic mass is 9.83. The fourth-order valence-corrected chi connectivity index (χ4v) is 4.60. The highest BCUT2D eigenvalue weighted by Crippen LogP contribution is 2.34. The molecular weight excluding hydrogens is 292 g/mol. The summed E-state index contributed by atoms with van der Waals surface area (Å²) in [7, 11) is 0. The van der Waals surface area contributed by atoms with Crippen LogP contribution < -0.4 is 4.90 Å². The van der Waals surface area contributed by atoms with E-state index < -0.39 is 0 Å². The van der Waals surface area contributed by atoms with Crippen LogP contribution in [-0.2, 0) is 0 Å². The van der Waals surface area contributed by atoms with Gasteiger partial charge in [0.1, 0.15) is 0 Å². The highest BCUT2D eigenvalue weighted by molar-refractivity contribution is 5.63. The van der Waals surface area contributed by atoms with Gasteiger partial charge in [-0.1, -0.05) is 42.8 Å². The van der Waals surface area contributed by atoms with Gasteiger partial charge in [-0.3, -0.25) is 0 Å². The van der Waals surface area contributed by atoms with E-state index in [0.717, 1.165) is 18.5 Å². The highest BCUT2D eigenvalue weighted by Gasteiger charge is 2.34. The van der Waals surface area contributed by atoms with Gasteiger partial charge in [0.2, 0.25) is 0 Å². The molecule has 2 heteroatoms. The molecule has 2 saturated heterocycles. The van der Waals surface area contributed by atoms with Crippen LogP contribution in [-0.4, -0.2) is 30.6 Å². The number of hydrogen-bond donors (Lipinski definition) is 0. The van der Waals surface area contributed by atoms with E-state index in [1.54, 1.807) is 0 Å². The average molecular weight is 320 g/mol. The number of fused-ring (bicyclic) bond motifs is 1. The van der Waals surface area contributed by atoms with Crippen LogP contribution in [0.2, 0.25) is 0 Å². The lowest BCUT2D eigenvalue weighted by Crippen LogP contribution is -2.50. The van der Waals surface area contributed by atoms with Crippen molar-refractivity contribution in [2.24, 2.45) is 5.92 Å². The SMILES string of the molecule is c1ccc(N(C[C@@H]2CCCN3CCCC[C@H]23)c2ccccc2)cc1. The zero-order chi connectivity index (χ0) is 16.2. The van der Waals surface area contributed by atoms with Crippen LogP contribution in [0.1, 0.15) is 32.1 Å². The maximum atomic E-state index is 2.77. The standard InChI is InChI=1S/C22H28N2/c1-3-11-20(12-4-1)24(21-13-5-2-6-14-21)18-19-10-9-17-23-16-8-7-15-22(19)23/h1-6,11-14,19,22H,7-10,15-18H2/t19-,22+/m0/s1. The number of anilines is 2. The molecule has 4 rings (SSSR count). The minimum atomic E-state index is 0.777. The second-order valence-corrected chi connectivity index (χ2v) is 7.28. The molecule has 0 N–H and O–H groups in total. The Labute approximate surface area is 146 Å². The van der Waals surface area contributed by atoms with Crippen molar-refractivity contribution in [3.05, 3.63) is 60.7 Å². The predicted molar refractivity (Wildman–Crippen MR) is 102 cm³/mol. The normalized spacial score (nSPS) is 24.3. The van der Waals surface area contributed by atoms with Crippen LogP contribution in [0, 0.1) is 5.92 Å². The van der Waals surface area contributed by atoms with E-state index in [4.69, 9.17) is 0 Å². The summed E-state index contributed by atoms with van der Waals surface area (Å²) in [5.41, 5.74) is 2.63. The summed E-state index contributed by atoms with van der Waals surface area (Å²) in [4.78, 5) is 5.30. The fourth-order valence-electron chi connectivity index (χ4n) is 4.60. The van der Waals surface area contributed by atoms with Crippen molar-refractivity contribution in [1.82, 2.24) is 4.90 Å². The van der Waals surface area contributed by atoms with Crippen LogP contribution in [0.5, 0.6) is 0 Å². The second kappa shape index (κ2) is 7.40. The first-order valence-corrected chi connectivity index (χ1v) is 9.53. The first-order valence-electron chi connectivity index (χ1n) is 9.53. The minimum absolute atomic E-state index is 0.777. The van der Waals surface area contributed by atoms with Gasteiger partial charge < -0.3 is 9.80 Å². The topological polar surface area (TPSA) is 6.48 Å². The minimum Gasteiger partial charge on any atom is -0.341 e. The van der Waals surface area contributed by atoms with Crippen molar-refractivity contribution in [2.45, 2.75) is 38.1 Å². The maximum absolute atomic E-state index is 2.77. The smallest absolute Gasteiger partial charge is 0.0410 e. The Bertz CT molecular complexity index is 583. The Kier molecular flexibility index (Phi) is 4.84. The largest absolute Gasteiger partial charge is 0.341 e. The van der Waals surface area contributed by atoms with E-state index in [-0.39, 0.29) is 0 Å². The Morgan fingerprint density at radius 3 is 2.04 bits per heavy atom. The number of benzene rings is 2. The number of hydrogen-bond acceptors (Lipinski definition) is 2. The van der Waals surface area contributed by atoms with E-state index in [9.17, 15) is 0 Å². The molecule has 0 spiro atoms. The molecular formula is C22H28N2. The van der Waals surface area contributed by atoms with E-state index in [0.29, 0.717) is 0 Å². The fraction of sp³-hybridized carbons (Fsp3) is 0.455. The zero-order valence-corrected chi connectivity index (χ0v) is 14.5. The van der Waals surface area contributed by atoms with Gasteiger partial charge in [0.15, 0.2) is 0 Å². The van der Waals surface area contributed by atoms with Gasteiger partial charge in [0.05, 0.1) is 0 Å². The first kappa shape index (κ1) is 15.7. The Hall–Kier alpha value is -1.80. The monoisotopic (exact) mass is 320 g/mol. The molecule has 0 unspecified atom stereocenters. The quantitative estimate of drug-likeness (QED) is 0.774. The summed E-state index contributed by atoms with van der Waals surface area (Å²) in [5, 5.41) is 0. The molecule has 2 nitrogen and oxygen atoms in total. The number of piperidine rings is 2. The molecule has 0 amide bonds. The van der Waals surface area contributed by atoms with Crippen molar-refractivity contribution < 1.29 is 0 Å². The summed E-state index contributed by atoms with van der Waals surface area (Å²) in [6.45, 7) is 3.77. The molecule has 0 saturated carbocycles. The van der Waals surface area contributed by atoms with Crippen molar-refractivity contribution in [1.29, 1.82) is 0 Å². The number of para-hydroxylation sites is 2. The summed E-state index contributed by atoms with van der Waals surface area (Å²) < 4.78 is 0. The molecule has 2 heterocycles. The predicted octanol–water partition coefficient (Wildman–Crippen LogP) is 5.09. The van der Waals surface area contributed by atoms with Crippen LogP contribution in [0.4, 0.5) is 11.4 Å². The zero-order valence-electron chi connectivity index (χ0n) is 14.5. The molecule has 2 aromatic carbocycles. The van der Waals surface area contributed by atoms with E-state index >= 15 is 0 Å². The molecule has 0 aromatic heterocycles. The average Bonchev–Trinajstić information content (AvgIpc) is 2.67. The van der Waals surface area contributed by atoms with Crippen LogP contribution >= 0.6 is 0 Å². The van der Waals surface area contributed by atoms with Gasteiger partial charge in [-0.2, -0.15) is 0 Å². The van der Waals surface area contributed by atoms with E-state index in [2.05, 4.69) is 70.5 Å². The van der Waals surface area contributed by atoms with Gasteiger partial charge in [-0.05, 0) is 69.0 Å². The van der Waals surface area contributed by atoms with E-state index in [1.807, 2.05) is 0 Å².